The molecule has 1 aromatic rings. The quantitative estimate of drug-likeness (QED) is 0.832. The molecule has 2 rings (SSSR count). The van der Waals surface area contributed by atoms with Crippen LogP contribution in [0.15, 0.2) is 27.6 Å². The number of aryl methyl sites for hydroxylation is 1. The van der Waals surface area contributed by atoms with Crippen molar-refractivity contribution in [3.8, 4) is 0 Å². The molecule has 0 saturated heterocycles. The van der Waals surface area contributed by atoms with Gasteiger partial charge in [-0.3, -0.25) is 0 Å². The molecule has 3 unspecified atom stereocenters. The summed E-state index contributed by atoms with van der Waals surface area (Å²) in [5.41, 5.74) is 6.74. The van der Waals surface area contributed by atoms with Gasteiger partial charge < -0.3 is 10.5 Å². The maximum absolute atomic E-state index is 12.4. The van der Waals surface area contributed by atoms with Gasteiger partial charge in [-0.15, -0.1) is 0 Å². The third-order valence-corrected chi connectivity index (χ3v) is 5.82. The molecule has 7 heteroatoms. The van der Waals surface area contributed by atoms with Gasteiger partial charge in [-0.05, 0) is 44.0 Å². The van der Waals surface area contributed by atoms with Gasteiger partial charge in [0.25, 0.3) is 0 Å². The first-order valence-electron chi connectivity index (χ1n) is 6.51. The zero-order valence-corrected chi connectivity index (χ0v) is 13.9. The second kappa shape index (κ2) is 6.11. The largest absolute Gasteiger partial charge is 0.377 e. The molecule has 1 aliphatic rings. The fourth-order valence-corrected chi connectivity index (χ4v) is 3.87. The lowest BCUT2D eigenvalue weighted by atomic mass is 9.84. The van der Waals surface area contributed by atoms with E-state index >= 15 is 0 Å². The summed E-state index contributed by atoms with van der Waals surface area (Å²) in [6.07, 6.45) is 0.543. The fourth-order valence-electron chi connectivity index (χ4n) is 2.22. The van der Waals surface area contributed by atoms with Crippen LogP contribution < -0.4 is 10.5 Å². The standard InChI is InChI=1S/C13H19BrN2O3S/c1-3-19-12-7-11(15)13(12)16-20(17,18)9-4-5-10(14)8(2)6-9/h4-6,11-13,16H,3,7,15H2,1-2H3. The molecule has 1 aliphatic carbocycles. The smallest absolute Gasteiger partial charge is 0.240 e. The van der Waals surface area contributed by atoms with Crippen LogP contribution in [-0.2, 0) is 14.8 Å². The Bertz CT molecular complexity index is 589. The predicted octanol–water partition coefficient (Wildman–Crippen LogP) is 1.54. The Kier molecular flexibility index (Phi) is 4.86. The maximum atomic E-state index is 12.4. The summed E-state index contributed by atoms with van der Waals surface area (Å²) in [5, 5.41) is 0. The molecule has 1 saturated carbocycles. The Morgan fingerprint density at radius 2 is 2.20 bits per heavy atom. The second-order valence-corrected chi connectivity index (χ2v) is 7.52. The van der Waals surface area contributed by atoms with Crippen LogP contribution in [0, 0.1) is 6.92 Å². The van der Waals surface area contributed by atoms with Crippen molar-refractivity contribution >= 4 is 26.0 Å². The maximum Gasteiger partial charge on any atom is 0.240 e. The number of rotatable bonds is 5. The van der Waals surface area contributed by atoms with Gasteiger partial charge in [0.15, 0.2) is 0 Å². The van der Waals surface area contributed by atoms with Crippen LogP contribution in [0.4, 0.5) is 0 Å². The Labute approximate surface area is 128 Å². The van der Waals surface area contributed by atoms with Crippen LogP contribution in [-0.4, -0.2) is 33.2 Å². The third-order valence-electron chi connectivity index (χ3n) is 3.48. The summed E-state index contributed by atoms with van der Waals surface area (Å²) in [4.78, 5) is 0.243. The lowest BCUT2D eigenvalue weighted by Gasteiger charge is -2.42. The number of hydrogen-bond donors (Lipinski definition) is 2. The molecule has 1 fully saturated rings. The van der Waals surface area contributed by atoms with E-state index in [1.807, 2.05) is 13.8 Å². The molecule has 0 heterocycles. The van der Waals surface area contributed by atoms with E-state index in [0.29, 0.717) is 13.0 Å². The lowest BCUT2D eigenvalue weighted by molar-refractivity contribution is -0.0248. The van der Waals surface area contributed by atoms with Gasteiger partial charge in [0, 0.05) is 17.1 Å². The number of hydrogen-bond acceptors (Lipinski definition) is 4. The van der Waals surface area contributed by atoms with Gasteiger partial charge in [-0.1, -0.05) is 15.9 Å². The molecule has 0 aromatic heterocycles. The first kappa shape index (κ1) is 15.9. The number of nitrogens with two attached hydrogens (primary N) is 1. The first-order valence-corrected chi connectivity index (χ1v) is 8.78. The van der Waals surface area contributed by atoms with Crippen LogP contribution in [0.1, 0.15) is 18.9 Å². The number of ether oxygens (including phenoxy) is 1. The van der Waals surface area contributed by atoms with Gasteiger partial charge in [-0.2, -0.15) is 0 Å². The summed E-state index contributed by atoms with van der Waals surface area (Å²) < 4.78 is 33.7. The van der Waals surface area contributed by atoms with Crippen molar-refractivity contribution in [2.45, 2.75) is 43.4 Å². The zero-order valence-electron chi connectivity index (χ0n) is 11.5. The van der Waals surface area contributed by atoms with Gasteiger partial charge in [0.05, 0.1) is 17.0 Å². The normalized spacial score (nSPS) is 26.3. The summed E-state index contributed by atoms with van der Waals surface area (Å²) in [5.74, 6) is 0. The Morgan fingerprint density at radius 1 is 1.50 bits per heavy atom. The van der Waals surface area contributed by atoms with E-state index in [9.17, 15) is 8.42 Å². The summed E-state index contributed by atoms with van der Waals surface area (Å²) >= 11 is 3.36. The van der Waals surface area contributed by atoms with E-state index in [-0.39, 0.29) is 23.1 Å². The Balaban J connectivity index is 2.16. The monoisotopic (exact) mass is 362 g/mol. The van der Waals surface area contributed by atoms with Gasteiger partial charge >= 0.3 is 0 Å². The second-order valence-electron chi connectivity index (χ2n) is 4.95. The zero-order chi connectivity index (χ0) is 14.9. The fraction of sp³-hybridized carbons (Fsp3) is 0.538. The highest BCUT2D eigenvalue weighted by Gasteiger charge is 2.42. The topological polar surface area (TPSA) is 81.4 Å². The summed E-state index contributed by atoms with van der Waals surface area (Å²) in [6.45, 7) is 4.28. The van der Waals surface area contributed by atoms with E-state index in [1.54, 1.807) is 18.2 Å². The number of benzene rings is 1. The van der Waals surface area contributed by atoms with Crippen LogP contribution in [0.5, 0.6) is 0 Å². The molecule has 20 heavy (non-hydrogen) atoms. The van der Waals surface area contributed by atoms with E-state index in [4.69, 9.17) is 10.5 Å². The number of halogens is 1. The van der Waals surface area contributed by atoms with Crippen molar-refractivity contribution in [1.29, 1.82) is 0 Å². The minimum Gasteiger partial charge on any atom is -0.377 e. The van der Waals surface area contributed by atoms with Crippen molar-refractivity contribution in [3.05, 3.63) is 28.2 Å². The highest BCUT2D eigenvalue weighted by molar-refractivity contribution is 9.10. The van der Waals surface area contributed by atoms with Gasteiger partial charge in [-0.25, -0.2) is 13.1 Å². The predicted molar refractivity (Wildman–Crippen MR) is 81.0 cm³/mol. The van der Waals surface area contributed by atoms with E-state index in [1.165, 1.54) is 0 Å². The molecule has 5 nitrogen and oxygen atoms in total. The SMILES string of the molecule is CCOC1CC(N)C1NS(=O)(=O)c1ccc(Br)c(C)c1. The van der Waals surface area contributed by atoms with Crippen molar-refractivity contribution in [2.24, 2.45) is 5.73 Å². The highest BCUT2D eigenvalue weighted by atomic mass is 79.9. The molecular weight excluding hydrogens is 344 g/mol. The third kappa shape index (κ3) is 3.23. The number of nitrogens with one attached hydrogen (secondary N) is 1. The van der Waals surface area contributed by atoms with E-state index < -0.39 is 10.0 Å². The summed E-state index contributed by atoms with van der Waals surface area (Å²) in [7, 11) is -3.57. The molecule has 0 bridgehead atoms. The van der Waals surface area contributed by atoms with E-state index in [2.05, 4.69) is 20.7 Å². The molecule has 112 valence electrons. The minimum absolute atomic E-state index is 0.138. The van der Waals surface area contributed by atoms with Crippen LogP contribution in [0.25, 0.3) is 0 Å². The minimum atomic E-state index is -3.57. The average molecular weight is 363 g/mol. The van der Waals surface area contributed by atoms with Gasteiger partial charge in [0.2, 0.25) is 10.0 Å². The molecule has 0 aliphatic heterocycles. The molecule has 3 atom stereocenters. The van der Waals surface area contributed by atoms with Crippen molar-refractivity contribution in [1.82, 2.24) is 4.72 Å². The van der Waals surface area contributed by atoms with Gasteiger partial charge in [0.1, 0.15) is 0 Å². The molecule has 0 amide bonds. The number of sulfonamides is 1. The highest BCUT2D eigenvalue weighted by Crippen LogP contribution is 2.25. The first-order chi connectivity index (χ1) is 9.35. The average Bonchev–Trinajstić information content (AvgIpc) is 2.39. The summed E-state index contributed by atoms with van der Waals surface area (Å²) in [6, 6.07) is 4.37. The molecule has 3 N–H and O–H groups in total. The van der Waals surface area contributed by atoms with Crippen molar-refractivity contribution in [2.75, 3.05) is 6.61 Å². The van der Waals surface area contributed by atoms with Crippen molar-refractivity contribution in [3.63, 3.8) is 0 Å². The van der Waals surface area contributed by atoms with Crippen LogP contribution in [0.3, 0.4) is 0 Å². The molecule has 0 radical (unpaired) electrons. The van der Waals surface area contributed by atoms with Crippen molar-refractivity contribution < 1.29 is 13.2 Å². The van der Waals surface area contributed by atoms with E-state index in [0.717, 1.165) is 10.0 Å². The molecule has 0 spiro atoms. The van der Waals surface area contributed by atoms with Crippen LogP contribution in [0.2, 0.25) is 0 Å². The molecule has 1 aromatic carbocycles. The lowest BCUT2D eigenvalue weighted by Crippen LogP contribution is -2.64. The Hall–Kier alpha value is -0.470. The Morgan fingerprint density at radius 3 is 2.75 bits per heavy atom. The van der Waals surface area contributed by atoms with Crippen LogP contribution >= 0.6 is 15.9 Å². The molecular formula is C13H19BrN2O3S.